The molecule has 562 valence electrons. The highest BCUT2D eigenvalue weighted by Gasteiger charge is 2.43. The molecule has 1 aliphatic heterocycles. The highest BCUT2D eigenvalue weighted by atomic mass is 16.5. The van der Waals surface area contributed by atoms with Crippen molar-refractivity contribution < 1.29 is 71.8 Å². The molecule has 28 heteroatoms. The van der Waals surface area contributed by atoms with Gasteiger partial charge in [0.15, 0.2) is 0 Å². The van der Waals surface area contributed by atoms with Crippen LogP contribution >= 0.6 is 0 Å². The molecule has 1 rings (SSSR count). The third-order valence-electron chi connectivity index (χ3n) is 18.5. The monoisotopic (exact) mass is 1390 g/mol. The molecule has 0 bridgehead atoms. The van der Waals surface area contributed by atoms with E-state index in [1.54, 1.807) is 55.5 Å². The SMILES string of the molecule is CCC(C)[C@H]1C(=O)NCCC(=O)N[C@H](C(C)CC)C(=O)N(C)[C@@H](C(C)C)C(=O)N(C)[C@@H](C)C(=O)NCCC(=O)N[C@H](CC(C)C)C(=O)N(C)[C@H](C(C)CC)C(=O)O[C@H](C)[C@H](NC(=O)[C@H](CC(C)C)N(C)C(=O)[C@@H](NC(=O)COC)C(C)C)C(=O)NCCC(=O)N[C@H](CC(C)C)CN1C. The van der Waals surface area contributed by atoms with Gasteiger partial charge < -0.3 is 71.6 Å². The van der Waals surface area contributed by atoms with E-state index in [0.717, 1.165) is 0 Å². The minimum absolute atomic E-state index is 0.0757. The summed E-state index contributed by atoms with van der Waals surface area (Å²) >= 11 is 0. The number of methoxy groups -OCH3 is 1. The maximum Gasteiger partial charge on any atom is 0.329 e. The lowest BCUT2D eigenvalue weighted by molar-refractivity contribution is -0.163. The van der Waals surface area contributed by atoms with E-state index < -0.39 is 155 Å². The van der Waals surface area contributed by atoms with Crippen LogP contribution in [0.5, 0.6) is 0 Å². The number of hydrogen-bond donors (Lipinski definition) is 8. The molecule has 0 spiro atoms. The summed E-state index contributed by atoms with van der Waals surface area (Å²) in [6.07, 6.45) is -0.0508. The van der Waals surface area contributed by atoms with E-state index in [9.17, 15) is 62.3 Å². The highest BCUT2D eigenvalue weighted by molar-refractivity contribution is 5.97. The Balaban J connectivity index is 4.13. The summed E-state index contributed by atoms with van der Waals surface area (Å²) < 4.78 is 11.1. The predicted molar refractivity (Wildman–Crippen MR) is 375 cm³/mol. The van der Waals surface area contributed by atoms with E-state index in [0.29, 0.717) is 25.7 Å². The predicted octanol–water partition coefficient (Wildman–Crippen LogP) is 2.74. The van der Waals surface area contributed by atoms with Gasteiger partial charge in [-0.05, 0) is 87.5 Å². The van der Waals surface area contributed by atoms with Crippen molar-refractivity contribution in [1.29, 1.82) is 0 Å². The van der Waals surface area contributed by atoms with Crippen LogP contribution in [0, 0.1) is 47.3 Å². The lowest BCUT2D eigenvalue weighted by Gasteiger charge is -2.37. The van der Waals surface area contributed by atoms with Crippen molar-refractivity contribution in [3.63, 3.8) is 0 Å². The average molecular weight is 1390 g/mol. The number of amides is 12. The summed E-state index contributed by atoms with van der Waals surface area (Å²) in [5, 5.41) is 22.5. The molecule has 0 saturated carbocycles. The Bertz CT molecular complexity index is 2640. The number of cyclic esters (lactones) is 1. The molecule has 0 aliphatic carbocycles. The first-order valence-corrected chi connectivity index (χ1v) is 35.4. The molecule has 1 heterocycles. The summed E-state index contributed by atoms with van der Waals surface area (Å²) in [7, 11) is 8.83. The third-order valence-corrected chi connectivity index (χ3v) is 18.5. The van der Waals surface area contributed by atoms with Crippen LogP contribution in [0.25, 0.3) is 0 Å². The molecular weight excluding hydrogens is 1260 g/mol. The van der Waals surface area contributed by atoms with Gasteiger partial charge >= 0.3 is 5.97 Å². The van der Waals surface area contributed by atoms with Crippen LogP contribution in [0.1, 0.15) is 182 Å². The van der Waals surface area contributed by atoms with E-state index in [1.165, 1.54) is 68.7 Å². The van der Waals surface area contributed by atoms with Gasteiger partial charge in [-0.15, -0.1) is 0 Å². The molecule has 0 radical (unpaired) electrons. The van der Waals surface area contributed by atoms with Crippen LogP contribution < -0.4 is 42.5 Å². The van der Waals surface area contributed by atoms with Gasteiger partial charge in [-0.2, -0.15) is 0 Å². The standard InChI is InChI=1S/C70H127N13O15/c1-25-44(14)57-68(94)82(22)59(43(12)13)69(95)80(20)47(17)62(88)71-31-29-53(85)75-50(35-40(6)7)66(92)83(23)61(46(16)27-3)70(96)98-48(18)58(78-63(89)51(36-41(8)9)81(21)67(93)56(42(10)11)77-55(87)38-97-24)64(90)72-32-28-52(84)74-49(34-39(4)5)37-79(19)60(45(15)26-2)65(91)73-33-30-54(86)76-57/h39-51,56-61H,25-38H2,1-24H3,(H,71,88)(H,72,90)(H,73,91)(H,74,84)(H,75,85)(H,76,86)(H,77,87)(H,78,89)/t44?,45?,46?,47-,48+,49+,50+,51-,56-,57+,58-,59-,60-,61+/m0/s1. The Morgan fingerprint density at radius 3 is 1.57 bits per heavy atom. The molecule has 3 unspecified atom stereocenters. The molecule has 8 N–H and O–H groups in total. The zero-order chi connectivity index (χ0) is 75.3. The van der Waals surface area contributed by atoms with Gasteiger partial charge in [0.2, 0.25) is 70.9 Å². The second kappa shape index (κ2) is 43.5. The van der Waals surface area contributed by atoms with Gasteiger partial charge in [-0.1, -0.05) is 130 Å². The molecule has 0 aromatic carbocycles. The van der Waals surface area contributed by atoms with Gasteiger partial charge in [0.25, 0.3) is 0 Å². The third kappa shape index (κ3) is 28.3. The van der Waals surface area contributed by atoms with Crippen molar-refractivity contribution in [2.75, 3.05) is 75.1 Å². The summed E-state index contributed by atoms with van der Waals surface area (Å²) in [5.74, 6) is -10.4. The largest absolute Gasteiger partial charge is 0.458 e. The summed E-state index contributed by atoms with van der Waals surface area (Å²) in [6, 6.07) is -10.9. The van der Waals surface area contributed by atoms with Gasteiger partial charge in [-0.25, -0.2) is 4.79 Å². The molecule has 14 atom stereocenters. The Kier molecular flexibility index (Phi) is 39.6. The Morgan fingerprint density at radius 1 is 0.592 bits per heavy atom. The van der Waals surface area contributed by atoms with Crippen LogP contribution in [0.4, 0.5) is 0 Å². The van der Waals surface area contributed by atoms with E-state index in [-0.39, 0.29) is 100 Å². The van der Waals surface area contributed by atoms with Crippen LogP contribution in [0.15, 0.2) is 0 Å². The molecule has 28 nitrogen and oxygen atoms in total. The number of likely N-dealkylation sites (N-methyl/N-ethyl adjacent to an activating group) is 5. The maximum atomic E-state index is 14.8. The maximum absolute atomic E-state index is 14.8. The normalized spacial score (nSPS) is 25.1. The number of nitrogens with one attached hydrogen (secondary N) is 8. The minimum Gasteiger partial charge on any atom is -0.458 e. The first-order chi connectivity index (χ1) is 45.6. The Hall–Kier alpha value is -6.97. The molecule has 98 heavy (non-hydrogen) atoms. The summed E-state index contributed by atoms with van der Waals surface area (Å²) in [5.41, 5.74) is 0. The number of esters is 1. The first-order valence-electron chi connectivity index (χ1n) is 35.4. The quantitative estimate of drug-likeness (QED) is 0.0766. The second-order valence-corrected chi connectivity index (χ2v) is 29.0. The number of carbonyl (C=O) groups excluding carboxylic acids is 13. The van der Waals surface area contributed by atoms with E-state index in [4.69, 9.17) is 9.47 Å². The van der Waals surface area contributed by atoms with E-state index in [1.807, 2.05) is 67.2 Å². The van der Waals surface area contributed by atoms with Crippen LogP contribution in [-0.4, -0.2) is 243 Å². The van der Waals surface area contributed by atoms with Crippen LogP contribution in [-0.2, 0) is 71.8 Å². The van der Waals surface area contributed by atoms with E-state index in [2.05, 4.69) is 42.5 Å². The van der Waals surface area contributed by atoms with Gasteiger partial charge in [-0.3, -0.25) is 62.4 Å². The van der Waals surface area contributed by atoms with Crippen molar-refractivity contribution in [3.05, 3.63) is 0 Å². The molecule has 1 fully saturated rings. The summed E-state index contributed by atoms with van der Waals surface area (Å²) in [4.78, 5) is 191. The molecule has 0 aromatic heterocycles. The minimum atomic E-state index is -1.67. The Labute approximate surface area is 584 Å². The van der Waals surface area contributed by atoms with Gasteiger partial charge in [0.05, 0.1) is 6.04 Å². The number of nitrogens with zero attached hydrogens (tertiary/aromatic N) is 5. The number of rotatable bonds is 21. The fourth-order valence-corrected chi connectivity index (χ4v) is 12.1. The molecule has 0 aromatic rings. The lowest BCUT2D eigenvalue weighted by atomic mass is 9.94. The lowest BCUT2D eigenvalue weighted by Crippen LogP contribution is -2.61. The van der Waals surface area contributed by atoms with Crippen molar-refractivity contribution in [1.82, 2.24) is 67.0 Å². The van der Waals surface area contributed by atoms with Gasteiger partial charge in [0.1, 0.15) is 61.0 Å². The fourth-order valence-electron chi connectivity index (χ4n) is 12.1. The first kappa shape index (κ1) is 89.0. The number of hydrogen-bond acceptors (Lipinski definition) is 16. The van der Waals surface area contributed by atoms with E-state index >= 15 is 0 Å². The Morgan fingerprint density at radius 2 is 1.08 bits per heavy atom. The van der Waals surface area contributed by atoms with Crippen LogP contribution in [0.2, 0.25) is 0 Å². The summed E-state index contributed by atoms with van der Waals surface area (Å²) in [6.45, 7) is 31.6. The van der Waals surface area contributed by atoms with Crippen molar-refractivity contribution >= 4 is 76.9 Å². The zero-order valence-corrected chi connectivity index (χ0v) is 63.7. The molecule has 12 amide bonds. The topological polar surface area (TPSA) is 353 Å². The van der Waals surface area contributed by atoms with Crippen LogP contribution in [0.3, 0.4) is 0 Å². The second-order valence-electron chi connectivity index (χ2n) is 29.0. The zero-order valence-electron chi connectivity index (χ0n) is 63.7. The molecule has 1 aliphatic rings. The fraction of sp³-hybridized carbons (Fsp3) is 0.814. The smallest absolute Gasteiger partial charge is 0.329 e. The molecular formula is C70H127N13O15. The highest BCUT2D eigenvalue weighted by Crippen LogP contribution is 2.24. The van der Waals surface area contributed by atoms with Crippen molar-refractivity contribution in [2.24, 2.45) is 47.3 Å². The van der Waals surface area contributed by atoms with Crippen molar-refractivity contribution in [2.45, 2.75) is 249 Å². The molecule has 1 saturated heterocycles. The van der Waals surface area contributed by atoms with Gasteiger partial charge in [0, 0.05) is 86.8 Å². The number of ether oxygens (including phenoxy) is 2. The number of carbonyl (C=O) groups is 13. The average Bonchev–Trinajstić information content (AvgIpc) is 0.828. The van der Waals surface area contributed by atoms with Crippen molar-refractivity contribution in [3.8, 4) is 0 Å².